The molecule has 0 spiro atoms. The second kappa shape index (κ2) is 8.91. The van der Waals surface area contributed by atoms with E-state index in [1.807, 2.05) is 29.2 Å². The number of benzene rings is 1. The fourth-order valence-electron chi connectivity index (χ4n) is 4.73. The summed E-state index contributed by atoms with van der Waals surface area (Å²) >= 11 is 0. The Hall–Kier alpha value is -2.14. The predicted molar refractivity (Wildman–Crippen MR) is 112 cm³/mol. The molecule has 28 heavy (non-hydrogen) atoms. The number of para-hydroxylation sites is 1. The van der Waals surface area contributed by atoms with Crippen molar-refractivity contribution in [1.82, 2.24) is 9.80 Å². The number of fused-ring (bicyclic) bond motifs is 2. The van der Waals surface area contributed by atoms with Gasteiger partial charge in [0.05, 0.1) is 5.69 Å². The van der Waals surface area contributed by atoms with Crippen molar-refractivity contribution >= 4 is 17.4 Å². The highest BCUT2D eigenvalue weighted by Crippen LogP contribution is 2.27. The summed E-state index contributed by atoms with van der Waals surface area (Å²) in [7, 11) is 0. The van der Waals surface area contributed by atoms with Crippen molar-refractivity contribution in [2.75, 3.05) is 37.6 Å². The number of hydrogen-bond donors (Lipinski definition) is 0. The lowest BCUT2D eigenvalue weighted by atomic mass is 10.1. The lowest BCUT2D eigenvalue weighted by Gasteiger charge is -2.33. The molecule has 5 nitrogen and oxygen atoms in total. The van der Waals surface area contributed by atoms with Crippen LogP contribution in [0.4, 0.5) is 5.69 Å². The molecule has 0 radical (unpaired) electrons. The van der Waals surface area contributed by atoms with Crippen LogP contribution in [0.2, 0.25) is 0 Å². The van der Waals surface area contributed by atoms with Crippen LogP contribution in [-0.2, 0) is 4.79 Å². The summed E-state index contributed by atoms with van der Waals surface area (Å²) in [5.74, 6) is 0.166. The second-order valence-electron chi connectivity index (χ2n) is 8.20. The SMILES string of the molecule is O=C1CCC(=O)N(CCCCN2CCCN3C=CCCC3C2)c2ccccc21. The Balaban J connectivity index is 1.31. The summed E-state index contributed by atoms with van der Waals surface area (Å²) in [5.41, 5.74) is 1.50. The molecule has 1 fully saturated rings. The third kappa shape index (κ3) is 4.30. The Morgan fingerprint density at radius 3 is 2.79 bits per heavy atom. The molecule has 0 saturated carbocycles. The van der Waals surface area contributed by atoms with E-state index in [1.54, 1.807) is 0 Å². The van der Waals surface area contributed by atoms with Crippen molar-refractivity contribution in [3.63, 3.8) is 0 Å². The maximum atomic E-state index is 12.6. The minimum absolute atomic E-state index is 0.0812. The standard InChI is InChI=1S/C23H31N3O2/c27-22-11-12-23(28)26(21-10-2-1-9-20(21)22)17-6-5-13-24-14-7-16-25-15-4-3-8-19(25)18-24/h1-2,4,9-10,15,19H,3,5-8,11-14,16-18H2. The zero-order valence-corrected chi connectivity index (χ0v) is 16.7. The molecule has 1 aromatic rings. The normalized spacial score (nSPS) is 23.2. The van der Waals surface area contributed by atoms with Gasteiger partial charge in [-0.25, -0.2) is 0 Å². The molecule has 1 aromatic carbocycles. The number of amides is 1. The van der Waals surface area contributed by atoms with Crippen molar-refractivity contribution in [1.29, 1.82) is 0 Å². The molecule has 0 bridgehead atoms. The molecule has 4 rings (SSSR count). The number of anilines is 1. The van der Waals surface area contributed by atoms with Crippen molar-refractivity contribution in [3.8, 4) is 0 Å². The van der Waals surface area contributed by atoms with Gasteiger partial charge in [-0.05, 0) is 63.5 Å². The van der Waals surface area contributed by atoms with E-state index in [0.29, 0.717) is 31.0 Å². The minimum Gasteiger partial charge on any atom is -0.373 e. The molecule has 3 aliphatic rings. The quantitative estimate of drug-likeness (QED) is 0.733. The monoisotopic (exact) mass is 381 g/mol. The third-order valence-corrected chi connectivity index (χ3v) is 6.26. The third-order valence-electron chi connectivity index (χ3n) is 6.26. The van der Waals surface area contributed by atoms with Crippen LogP contribution < -0.4 is 4.90 Å². The molecule has 0 N–H and O–H groups in total. The van der Waals surface area contributed by atoms with Crippen LogP contribution in [0, 0.1) is 0 Å². The Bertz CT molecular complexity index is 745. The zero-order chi connectivity index (χ0) is 19.3. The van der Waals surface area contributed by atoms with Crippen molar-refractivity contribution in [2.45, 2.75) is 51.0 Å². The van der Waals surface area contributed by atoms with E-state index in [2.05, 4.69) is 22.1 Å². The smallest absolute Gasteiger partial charge is 0.227 e. The summed E-state index contributed by atoms with van der Waals surface area (Å²) in [4.78, 5) is 31.8. The van der Waals surface area contributed by atoms with E-state index in [0.717, 1.165) is 31.6 Å². The molecule has 0 aliphatic carbocycles. The molecule has 3 heterocycles. The van der Waals surface area contributed by atoms with Gasteiger partial charge in [0.2, 0.25) is 5.91 Å². The van der Waals surface area contributed by atoms with Gasteiger partial charge in [-0.15, -0.1) is 0 Å². The first-order chi connectivity index (χ1) is 13.7. The van der Waals surface area contributed by atoms with E-state index in [9.17, 15) is 9.59 Å². The number of allylic oxidation sites excluding steroid dienone is 1. The summed E-state index contributed by atoms with van der Waals surface area (Å²) in [6, 6.07) is 8.23. The molecule has 1 unspecified atom stereocenters. The molecule has 1 atom stereocenters. The maximum absolute atomic E-state index is 12.6. The summed E-state index contributed by atoms with van der Waals surface area (Å²) in [6.45, 7) is 5.29. The van der Waals surface area contributed by atoms with Crippen molar-refractivity contribution < 1.29 is 9.59 Å². The lowest BCUT2D eigenvalue weighted by molar-refractivity contribution is -0.118. The minimum atomic E-state index is 0.0812. The van der Waals surface area contributed by atoms with E-state index in [-0.39, 0.29) is 11.7 Å². The fraction of sp³-hybridized carbons (Fsp3) is 0.565. The van der Waals surface area contributed by atoms with E-state index >= 15 is 0 Å². The maximum Gasteiger partial charge on any atom is 0.227 e. The van der Waals surface area contributed by atoms with Gasteiger partial charge in [-0.2, -0.15) is 0 Å². The highest BCUT2D eigenvalue weighted by Gasteiger charge is 2.26. The Labute approximate surface area is 168 Å². The number of rotatable bonds is 5. The van der Waals surface area contributed by atoms with Gasteiger partial charge in [-0.1, -0.05) is 18.2 Å². The first-order valence-electron chi connectivity index (χ1n) is 10.8. The first-order valence-corrected chi connectivity index (χ1v) is 10.8. The first kappa shape index (κ1) is 19.2. The topological polar surface area (TPSA) is 43.9 Å². The number of ketones is 1. The Morgan fingerprint density at radius 2 is 1.86 bits per heavy atom. The highest BCUT2D eigenvalue weighted by atomic mass is 16.2. The highest BCUT2D eigenvalue weighted by molar-refractivity contribution is 6.09. The molecular weight excluding hydrogens is 350 g/mol. The molecule has 1 saturated heterocycles. The van der Waals surface area contributed by atoms with Gasteiger partial charge in [0.15, 0.2) is 5.78 Å². The molecule has 150 valence electrons. The van der Waals surface area contributed by atoms with Gasteiger partial charge >= 0.3 is 0 Å². The van der Waals surface area contributed by atoms with Crippen molar-refractivity contribution in [2.24, 2.45) is 0 Å². The summed E-state index contributed by atoms with van der Waals surface area (Å²) in [5, 5.41) is 0. The van der Waals surface area contributed by atoms with Crippen LogP contribution in [-0.4, -0.2) is 60.3 Å². The summed E-state index contributed by atoms with van der Waals surface area (Å²) in [6.07, 6.45) is 11.0. The largest absolute Gasteiger partial charge is 0.373 e. The average molecular weight is 382 g/mol. The summed E-state index contributed by atoms with van der Waals surface area (Å²) < 4.78 is 0. The Morgan fingerprint density at radius 1 is 1.00 bits per heavy atom. The van der Waals surface area contributed by atoms with E-state index in [4.69, 9.17) is 0 Å². The van der Waals surface area contributed by atoms with E-state index < -0.39 is 0 Å². The fourth-order valence-corrected chi connectivity index (χ4v) is 4.73. The number of Topliss-reactive ketones (excluding diaryl/α,β-unsaturated/α-hetero) is 1. The van der Waals surface area contributed by atoms with E-state index in [1.165, 1.54) is 32.4 Å². The molecular formula is C23H31N3O2. The number of carbonyl (C=O) groups is 2. The van der Waals surface area contributed by atoms with Gasteiger partial charge in [0.25, 0.3) is 0 Å². The predicted octanol–water partition coefficient (Wildman–Crippen LogP) is 3.46. The molecule has 5 heteroatoms. The van der Waals surface area contributed by atoms with Crippen molar-refractivity contribution in [3.05, 3.63) is 42.1 Å². The van der Waals surface area contributed by atoms with Crippen LogP contribution in [0.25, 0.3) is 0 Å². The van der Waals surface area contributed by atoms with Crippen LogP contribution in [0.3, 0.4) is 0 Å². The Kier molecular flexibility index (Phi) is 6.10. The molecule has 1 amide bonds. The average Bonchev–Trinajstić information content (AvgIpc) is 2.99. The van der Waals surface area contributed by atoms with Crippen LogP contribution in [0.5, 0.6) is 0 Å². The van der Waals surface area contributed by atoms with Crippen LogP contribution in [0.1, 0.15) is 55.3 Å². The lowest BCUT2D eigenvalue weighted by Crippen LogP contribution is -2.40. The molecule has 3 aliphatic heterocycles. The number of nitrogens with zero attached hydrogens (tertiary/aromatic N) is 3. The number of carbonyl (C=O) groups excluding carboxylic acids is 2. The molecule has 0 aromatic heterocycles. The second-order valence-corrected chi connectivity index (χ2v) is 8.20. The number of unbranched alkanes of at least 4 members (excludes halogenated alkanes) is 1. The van der Waals surface area contributed by atoms with Gasteiger partial charge in [0, 0.05) is 44.1 Å². The van der Waals surface area contributed by atoms with Crippen LogP contribution in [0.15, 0.2) is 36.5 Å². The van der Waals surface area contributed by atoms with Gasteiger partial charge in [0.1, 0.15) is 0 Å². The van der Waals surface area contributed by atoms with Crippen LogP contribution >= 0.6 is 0 Å². The van der Waals surface area contributed by atoms with Gasteiger partial charge < -0.3 is 14.7 Å². The van der Waals surface area contributed by atoms with Gasteiger partial charge in [-0.3, -0.25) is 9.59 Å². The number of hydrogen-bond acceptors (Lipinski definition) is 4. The zero-order valence-electron chi connectivity index (χ0n) is 16.7.